The van der Waals surface area contributed by atoms with Gasteiger partial charge in [-0.05, 0) is 53.8 Å². The van der Waals surface area contributed by atoms with E-state index in [1.807, 2.05) is 18.2 Å². The van der Waals surface area contributed by atoms with Crippen LogP contribution in [-0.2, 0) is 14.9 Å². The van der Waals surface area contributed by atoms with Crippen LogP contribution in [0.4, 0.5) is 22.2 Å². The zero-order valence-corrected chi connectivity index (χ0v) is 18.4. The molecule has 4 N–H and O–H groups in total. The number of halogens is 1. The molecule has 0 saturated heterocycles. The molecule has 3 rings (SSSR count). The number of hydrogen-bond acceptors (Lipinski definition) is 6. The number of anilines is 3. The van der Waals surface area contributed by atoms with Crippen LogP contribution in [0.15, 0.2) is 40.8 Å². The number of aromatic nitrogens is 1. The second-order valence-corrected chi connectivity index (χ2v) is 8.52. The molecule has 1 aromatic heterocycles. The standard InChI is InChI=1S/C22H25ClN4O4/c1-22(2,3)15-12-14(25-21-27-17-11-13(23)6-9-18(17)31-21)7-8-16(15)26-19(28)5-4-10-30-20(24)29/h6-9,11-12H,4-5,10H2,1-3H3,(H2,24,29)(H,25,27)(H,26,28). The molecule has 0 bridgehead atoms. The summed E-state index contributed by atoms with van der Waals surface area (Å²) in [6.07, 6.45) is -0.246. The summed E-state index contributed by atoms with van der Waals surface area (Å²) >= 11 is 6.01. The number of amides is 2. The molecule has 164 valence electrons. The number of nitrogens with zero attached hydrogens (tertiary/aromatic N) is 1. The molecule has 1 heterocycles. The van der Waals surface area contributed by atoms with E-state index in [1.54, 1.807) is 18.2 Å². The number of benzene rings is 2. The SMILES string of the molecule is CC(C)(C)c1cc(Nc2nc3cc(Cl)ccc3o2)ccc1NC(=O)CCCOC(N)=O. The molecule has 9 heteroatoms. The summed E-state index contributed by atoms with van der Waals surface area (Å²) in [5.41, 5.74) is 8.40. The number of hydrogen-bond donors (Lipinski definition) is 3. The van der Waals surface area contributed by atoms with Crippen molar-refractivity contribution in [2.75, 3.05) is 17.2 Å². The van der Waals surface area contributed by atoms with Crippen LogP contribution in [0, 0.1) is 0 Å². The van der Waals surface area contributed by atoms with Gasteiger partial charge in [-0.2, -0.15) is 4.98 Å². The molecule has 0 atom stereocenters. The Morgan fingerprint density at radius 1 is 1.19 bits per heavy atom. The highest BCUT2D eigenvalue weighted by Crippen LogP contribution is 2.33. The second kappa shape index (κ2) is 9.26. The fourth-order valence-electron chi connectivity index (χ4n) is 3.05. The van der Waals surface area contributed by atoms with E-state index in [0.717, 1.165) is 11.3 Å². The number of carbonyl (C=O) groups excluding carboxylic acids is 2. The van der Waals surface area contributed by atoms with E-state index >= 15 is 0 Å². The van der Waals surface area contributed by atoms with Crippen LogP contribution in [0.1, 0.15) is 39.2 Å². The van der Waals surface area contributed by atoms with Gasteiger partial charge in [0.2, 0.25) is 5.91 Å². The van der Waals surface area contributed by atoms with Gasteiger partial charge in [-0.3, -0.25) is 4.79 Å². The molecule has 0 aliphatic carbocycles. The van der Waals surface area contributed by atoms with E-state index in [0.29, 0.717) is 34.2 Å². The largest absolute Gasteiger partial charge is 0.450 e. The minimum absolute atomic E-state index is 0.105. The maximum absolute atomic E-state index is 12.3. The fourth-order valence-corrected chi connectivity index (χ4v) is 3.21. The summed E-state index contributed by atoms with van der Waals surface area (Å²) in [7, 11) is 0. The van der Waals surface area contributed by atoms with Crippen molar-refractivity contribution >= 4 is 52.1 Å². The Morgan fingerprint density at radius 2 is 1.97 bits per heavy atom. The number of rotatable bonds is 7. The smallest absolute Gasteiger partial charge is 0.404 e. The van der Waals surface area contributed by atoms with Crippen LogP contribution in [-0.4, -0.2) is 23.6 Å². The van der Waals surface area contributed by atoms with E-state index in [2.05, 4.69) is 41.1 Å². The second-order valence-electron chi connectivity index (χ2n) is 8.09. The number of ether oxygens (including phenoxy) is 1. The highest BCUT2D eigenvalue weighted by molar-refractivity contribution is 6.31. The van der Waals surface area contributed by atoms with Crippen molar-refractivity contribution < 1.29 is 18.7 Å². The third-order valence-corrected chi connectivity index (χ3v) is 4.73. The van der Waals surface area contributed by atoms with Gasteiger partial charge < -0.3 is 25.5 Å². The van der Waals surface area contributed by atoms with E-state index in [4.69, 9.17) is 21.8 Å². The van der Waals surface area contributed by atoms with Crippen molar-refractivity contribution in [2.24, 2.45) is 5.73 Å². The Hall–Kier alpha value is -3.26. The number of nitrogens with one attached hydrogen (secondary N) is 2. The first kappa shape index (κ1) is 22.4. The average Bonchev–Trinajstić information content (AvgIpc) is 3.06. The molecule has 2 aromatic carbocycles. The summed E-state index contributed by atoms with van der Waals surface area (Å²) in [6, 6.07) is 11.2. The molecule has 0 fully saturated rings. The lowest BCUT2D eigenvalue weighted by Crippen LogP contribution is -2.20. The summed E-state index contributed by atoms with van der Waals surface area (Å²) in [6.45, 7) is 6.28. The monoisotopic (exact) mass is 444 g/mol. The lowest BCUT2D eigenvalue weighted by Gasteiger charge is -2.24. The molecule has 0 aliphatic rings. The van der Waals surface area contributed by atoms with Crippen LogP contribution in [0.5, 0.6) is 0 Å². The van der Waals surface area contributed by atoms with E-state index in [9.17, 15) is 9.59 Å². The van der Waals surface area contributed by atoms with Gasteiger partial charge in [-0.15, -0.1) is 0 Å². The first-order valence-electron chi connectivity index (χ1n) is 9.81. The normalized spacial score (nSPS) is 11.4. The highest BCUT2D eigenvalue weighted by Gasteiger charge is 2.20. The third-order valence-electron chi connectivity index (χ3n) is 4.50. The Bertz CT molecular complexity index is 1100. The average molecular weight is 445 g/mol. The first-order chi connectivity index (χ1) is 14.6. The van der Waals surface area contributed by atoms with Gasteiger partial charge in [0.05, 0.1) is 6.61 Å². The molecule has 0 spiro atoms. The zero-order valence-electron chi connectivity index (χ0n) is 17.6. The number of primary amides is 1. The number of fused-ring (bicyclic) bond motifs is 1. The minimum atomic E-state index is -0.847. The zero-order chi connectivity index (χ0) is 22.6. The van der Waals surface area contributed by atoms with Gasteiger partial charge in [0.1, 0.15) is 5.52 Å². The van der Waals surface area contributed by atoms with Gasteiger partial charge in [-0.1, -0.05) is 32.4 Å². The van der Waals surface area contributed by atoms with Gasteiger partial charge in [-0.25, -0.2) is 4.79 Å². The topological polar surface area (TPSA) is 119 Å². The molecule has 2 amide bonds. The minimum Gasteiger partial charge on any atom is -0.450 e. The van der Waals surface area contributed by atoms with Crippen LogP contribution >= 0.6 is 11.6 Å². The molecular weight excluding hydrogens is 420 g/mol. The van der Waals surface area contributed by atoms with Gasteiger partial charge in [0, 0.05) is 22.8 Å². The van der Waals surface area contributed by atoms with Gasteiger partial charge in [0.25, 0.3) is 6.01 Å². The molecule has 3 aromatic rings. The molecule has 0 saturated carbocycles. The molecule has 8 nitrogen and oxygen atoms in total. The molecule has 0 aliphatic heterocycles. The van der Waals surface area contributed by atoms with E-state index < -0.39 is 6.09 Å². The van der Waals surface area contributed by atoms with E-state index in [1.165, 1.54) is 0 Å². The predicted octanol–water partition coefficient (Wildman–Crippen LogP) is 5.34. The highest BCUT2D eigenvalue weighted by atomic mass is 35.5. The summed E-state index contributed by atoms with van der Waals surface area (Å²) in [5.74, 6) is -0.171. The maximum atomic E-state index is 12.3. The molecular formula is C22H25ClN4O4. The quantitative estimate of drug-likeness (QED) is 0.423. The van der Waals surface area contributed by atoms with Crippen molar-refractivity contribution in [1.82, 2.24) is 4.98 Å². The van der Waals surface area contributed by atoms with Crippen molar-refractivity contribution in [3.63, 3.8) is 0 Å². The number of nitrogens with two attached hydrogens (primary N) is 1. The Kier molecular flexibility index (Phi) is 6.70. The summed E-state index contributed by atoms with van der Waals surface area (Å²) < 4.78 is 10.4. The van der Waals surface area contributed by atoms with Crippen LogP contribution < -0.4 is 16.4 Å². The van der Waals surface area contributed by atoms with Gasteiger partial charge >= 0.3 is 6.09 Å². The Morgan fingerprint density at radius 3 is 2.68 bits per heavy atom. The fraction of sp³-hybridized carbons (Fsp3) is 0.318. The van der Waals surface area contributed by atoms with Crippen molar-refractivity contribution in [1.29, 1.82) is 0 Å². The van der Waals surface area contributed by atoms with Crippen molar-refractivity contribution in [2.45, 2.75) is 39.0 Å². The van der Waals surface area contributed by atoms with Crippen LogP contribution in [0.2, 0.25) is 5.02 Å². The lowest BCUT2D eigenvalue weighted by atomic mass is 9.85. The van der Waals surface area contributed by atoms with E-state index in [-0.39, 0.29) is 24.3 Å². The Labute approximate surface area is 185 Å². The van der Waals surface area contributed by atoms with Crippen molar-refractivity contribution in [3.8, 4) is 0 Å². The van der Waals surface area contributed by atoms with Crippen LogP contribution in [0.3, 0.4) is 0 Å². The molecule has 31 heavy (non-hydrogen) atoms. The number of carbonyl (C=O) groups is 2. The predicted molar refractivity (Wildman–Crippen MR) is 121 cm³/mol. The molecule has 0 unspecified atom stereocenters. The van der Waals surface area contributed by atoms with Crippen LogP contribution in [0.25, 0.3) is 11.1 Å². The maximum Gasteiger partial charge on any atom is 0.404 e. The third kappa shape index (κ3) is 6.11. The molecule has 0 radical (unpaired) electrons. The Balaban J connectivity index is 1.74. The number of oxazole rings is 1. The van der Waals surface area contributed by atoms with Gasteiger partial charge in [0.15, 0.2) is 5.58 Å². The first-order valence-corrected chi connectivity index (χ1v) is 10.2. The lowest BCUT2D eigenvalue weighted by molar-refractivity contribution is -0.116. The summed E-state index contributed by atoms with van der Waals surface area (Å²) in [5, 5.41) is 6.68. The summed E-state index contributed by atoms with van der Waals surface area (Å²) in [4.78, 5) is 27.3. The van der Waals surface area contributed by atoms with Crippen molar-refractivity contribution in [3.05, 3.63) is 47.0 Å².